The van der Waals surface area contributed by atoms with E-state index in [9.17, 15) is 4.39 Å². The van der Waals surface area contributed by atoms with Crippen LogP contribution in [0.1, 0.15) is 35.4 Å². The summed E-state index contributed by atoms with van der Waals surface area (Å²) in [5.41, 5.74) is 4.00. The van der Waals surface area contributed by atoms with Gasteiger partial charge in [0.05, 0.1) is 0 Å². The molecule has 0 spiro atoms. The molecule has 0 amide bonds. The maximum absolute atomic E-state index is 12.9. The van der Waals surface area contributed by atoms with Gasteiger partial charge in [-0.05, 0) is 61.9 Å². The zero-order valence-electron chi connectivity index (χ0n) is 12.5. The van der Waals surface area contributed by atoms with Gasteiger partial charge in [-0.25, -0.2) is 4.39 Å². The first-order valence-electron chi connectivity index (χ1n) is 7.75. The number of halogens is 1. The van der Waals surface area contributed by atoms with E-state index in [4.69, 9.17) is 0 Å². The molecule has 3 rings (SSSR count). The van der Waals surface area contributed by atoms with E-state index in [1.54, 1.807) is 12.1 Å². The third-order valence-electron chi connectivity index (χ3n) is 4.41. The van der Waals surface area contributed by atoms with Crippen LogP contribution in [0.3, 0.4) is 0 Å². The van der Waals surface area contributed by atoms with Crippen molar-refractivity contribution in [3.63, 3.8) is 0 Å². The molecule has 0 aromatic heterocycles. The predicted molar refractivity (Wildman–Crippen MR) is 85.0 cm³/mol. The minimum Gasteiger partial charge on any atom is -0.314 e. The Kier molecular flexibility index (Phi) is 4.35. The van der Waals surface area contributed by atoms with Crippen molar-refractivity contribution in [2.24, 2.45) is 0 Å². The fourth-order valence-electron chi connectivity index (χ4n) is 3.08. The summed E-state index contributed by atoms with van der Waals surface area (Å²) in [6, 6.07) is 16.3. The highest BCUT2D eigenvalue weighted by Crippen LogP contribution is 2.36. The molecule has 0 heterocycles. The Bertz CT molecular complexity index is 585. The Balaban J connectivity index is 1.40. The van der Waals surface area contributed by atoms with E-state index < -0.39 is 0 Å². The van der Waals surface area contributed by atoms with E-state index in [1.165, 1.54) is 29.5 Å². The van der Waals surface area contributed by atoms with Crippen molar-refractivity contribution in [3.05, 3.63) is 71.0 Å². The number of rotatable bonds is 5. The monoisotopic (exact) mass is 283 g/mol. The topological polar surface area (TPSA) is 12.0 Å². The Morgan fingerprint density at radius 3 is 2.57 bits per heavy atom. The lowest BCUT2D eigenvalue weighted by molar-refractivity contribution is 0.292. The van der Waals surface area contributed by atoms with Crippen LogP contribution in [0.5, 0.6) is 0 Å². The minimum absolute atomic E-state index is 0.147. The van der Waals surface area contributed by atoms with Crippen LogP contribution in [0, 0.1) is 12.7 Å². The van der Waals surface area contributed by atoms with Crippen molar-refractivity contribution in [1.29, 1.82) is 0 Å². The summed E-state index contributed by atoms with van der Waals surface area (Å²) in [4.78, 5) is 0. The molecular weight excluding hydrogens is 261 g/mol. The first kappa shape index (κ1) is 14.3. The lowest BCUT2D eigenvalue weighted by Gasteiger charge is -2.36. The third-order valence-corrected chi connectivity index (χ3v) is 4.41. The highest BCUT2D eigenvalue weighted by atomic mass is 19.1. The molecule has 1 nitrogen and oxygen atoms in total. The molecule has 0 radical (unpaired) electrons. The molecule has 110 valence electrons. The van der Waals surface area contributed by atoms with Gasteiger partial charge in [-0.2, -0.15) is 0 Å². The van der Waals surface area contributed by atoms with Gasteiger partial charge >= 0.3 is 0 Å². The number of benzene rings is 2. The van der Waals surface area contributed by atoms with E-state index >= 15 is 0 Å². The summed E-state index contributed by atoms with van der Waals surface area (Å²) in [7, 11) is 0. The molecule has 1 saturated carbocycles. The van der Waals surface area contributed by atoms with Crippen molar-refractivity contribution in [1.82, 2.24) is 5.32 Å². The van der Waals surface area contributed by atoms with E-state index in [-0.39, 0.29) is 5.82 Å². The predicted octanol–water partition coefficient (Wildman–Crippen LogP) is 4.21. The Morgan fingerprint density at radius 2 is 1.86 bits per heavy atom. The Labute approximate surface area is 126 Å². The quantitative estimate of drug-likeness (QED) is 0.866. The van der Waals surface area contributed by atoms with Gasteiger partial charge in [0.15, 0.2) is 0 Å². The van der Waals surface area contributed by atoms with Crippen LogP contribution in [0.15, 0.2) is 48.5 Å². The third kappa shape index (κ3) is 3.70. The summed E-state index contributed by atoms with van der Waals surface area (Å²) < 4.78 is 12.9. The summed E-state index contributed by atoms with van der Waals surface area (Å²) >= 11 is 0. The van der Waals surface area contributed by atoms with Gasteiger partial charge in [-0.3, -0.25) is 0 Å². The molecule has 0 aliphatic heterocycles. The molecule has 0 atom stereocenters. The first-order chi connectivity index (χ1) is 10.2. The van der Waals surface area contributed by atoms with Crippen LogP contribution >= 0.6 is 0 Å². The van der Waals surface area contributed by atoms with Crippen LogP contribution in [0.25, 0.3) is 0 Å². The van der Waals surface area contributed by atoms with Crippen molar-refractivity contribution < 1.29 is 4.39 Å². The van der Waals surface area contributed by atoms with Crippen LogP contribution in [0.4, 0.5) is 4.39 Å². The molecule has 1 fully saturated rings. The Morgan fingerprint density at radius 1 is 1.10 bits per heavy atom. The molecule has 2 aromatic carbocycles. The average Bonchev–Trinajstić information content (AvgIpc) is 2.43. The van der Waals surface area contributed by atoms with Gasteiger partial charge in [0, 0.05) is 6.04 Å². The highest BCUT2D eigenvalue weighted by Gasteiger charge is 2.29. The molecular formula is C19H22FN. The zero-order chi connectivity index (χ0) is 14.7. The van der Waals surface area contributed by atoms with E-state index in [0.29, 0.717) is 12.0 Å². The molecule has 0 bridgehead atoms. The lowest BCUT2D eigenvalue weighted by atomic mass is 9.76. The second-order valence-electron chi connectivity index (χ2n) is 6.11. The molecule has 1 aliphatic rings. The SMILES string of the molecule is Cc1cccc(CCNC2CC(c3ccc(F)cc3)C2)c1. The number of hydrogen-bond donors (Lipinski definition) is 1. The minimum atomic E-state index is -0.147. The van der Waals surface area contributed by atoms with Crippen molar-refractivity contribution >= 4 is 0 Å². The summed E-state index contributed by atoms with van der Waals surface area (Å²) in [6.07, 6.45) is 3.41. The molecule has 0 saturated heterocycles. The van der Waals surface area contributed by atoms with Crippen LogP contribution in [-0.2, 0) is 6.42 Å². The van der Waals surface area contributed by atoms with Crippen molar-refractivity contribution in [3.8, 4) is 0 Å². The summed E-state index contributed by atoms with van der Waals surface area (Å²) in [5, 5.41) is 3.62. The number of nitrogens with one attached hydrogen (secondary N) is 1. The maximum atomic E-state index is 12.9. The lowest BCUT2D eigenvalue weighted by Crippen LogP contribution is -2.40. The second-order valence-corrected chi connectivity index (χ2v) is 6.11. The van der Waals surface area contributed by atoms with Crippen LogP contribution < -0.4 is 5.32 Å². The van der Waals surface area contributed by atoms with E-state index in [0.717, 1.165) is 13.0 Å². The molecule has 2 heteroatoms. The standard InChI is InChI=1S/C19H22FN/c1-14-3-2-4-15(11-14)9-10-21-19-12-17(13-19)16-5-7-18(20)8-6-16/h2-8,11,17,19,21H,9-10,12-13H2,1H3. The average molecular weight is 283 g/mol. The van der Waals surface area contributed by atoms with E-state index in [1.807, 2.05) is 12.1 Å². The zero-order valence-corrected chi connectivity index (χ0v) is 12.5. The molecule has 21 heavy (non-hydrogen) atoms. The van der Waals surface area contributed by atoms with Gasteiger partial charge < -0.3 is 5.32 Å². The number of aryl methyl sites for hydroxylation is 1. The van der Waals surface area contributed by atoms with Crippen LogP contribution in [-0.4, -0.2) is 12.6 Å². The van der Waals surface area contributed by atoms with E-state index in [2.05, 4.69) is 36.5 Å². The normalized spacial score (nSPS) is 21.0. The fraction of sp³-hybridized carbons (Fsp3) is 0.368. The molecule has 2 aromatic rings. The molecule has 1 N–H and O–H groups in total. The van der Waals surface area contributed by atoms with Gasteiger partial charge in [0.25, 0.3) is 0 Å². The largest absolute Gasteiger partial charge is 0.314 e. The summed E-state index contributed by atoms with van der Waals surface area (Å²) in [6.45, 7) is 3.17. The van der Waals surface area contributed by atoms with Gasteiger partial charge in [0.2, 0.25) is 0 Å². The smallest absolute Gasteiger partial charge is 0.123 e. The Hall–Kier alpha value is -1.67. The molecule has 1 aliphatic carbocycles. The van der Waals surface area contributed by atoms with Crippen LogP contribution in [0.2, 0.25) is 0 Å². The first-order valence-corrected chi connectivity index (χ1v) is 7.75. The fourth-order valence-corrected chi connectivity index (χ4v) is 3.08. The van der Waals surface area contributed by atoms with Crippen molar-refractivity contribution in [2.75, 3.05) is 6.54 Å². The summed E-state index contributed by atoms with van der Waals surface area (Å²) in [5.74, 6) is 0.452. The van der Waals surface area contributed by atoms with Crippen molar-refractivity contribution in [2.45, 2.75) is 38.1 Å². The maximum Gasteiger partial charge on any atom is 0.123 e. The van der Waals surface area contributed by atoms with Gasteiger partial charge in [0.1, 0.15) is 5.82 Å². The molecule has 0 unspecified atom stereocenters. The van der Waals surface area contributed by atoms with Gasteiger partial charge in [-0.15, -0.1) is 0 Å². The number of hydrogen-bond acceptors (Lipinski definition) is 1. The van der Waals surface area contributed by atoms with Gasteiger partial charge in [-0.1, -0.05) is 42.0 Å². The highest BCUT2D eigenvalue weighted by molar-refractivity contribution is 5.24. The second kappa shape index (κ2) is 6.40.